The normalized spacial score (nSPS) is 31.0. The minimum absolute atomic E-state index is 0.0809. The number of nitrogens with one attached hydrogen (secondary N) is 1. The van der Waals surface area contributed by atoms with Gasteiger partial charge in [-0.25, -0.2) is 0 Å². The Morgan fingerprint density at radius 2 is 1.42 bits per heavy atom. The number of hydrogen-bond acceptors (Lipinski definition) is 3. The summed E-state index contributed by atoms with van der Waals surface area (Å²) in [4.78, 5) is 40.8. The van der Waals surface area contributed by atoms with Crippen molar-refractivity contribution in [1.82, 2.24) is 0 Å². The van der Waals surface area contributed by atoms with Gasteiger partial charge in [0.2, 0.25) is 11.8 Å². The molecule has 0 radical (unpaired) electrons. The lowest BCUT2D eigenvalue weighted by Crippen LogP contribution is -2.40. The van der Waals surface area contributed by atoms with E-state index in [0.717, 1.165) is 22.9 Å². The van der Waals surface area contributed by atoms with Gasteiger partial charge in [0.15, 0.2) is 0 Å². The van der Waals surface area contributed by atoms with Crippen molar-refractivity contribution < 1.29 is 14.4 Å². The number of imide groups is 1. The summed E-state index contributed by atoms with van der Waals surface area (Å²) in [5, 5.41) is 5.01. The third-order valence-electron chi connectivity index (χ3n) is 8.09. The number of amides is 3. The Morgan fingerprint density at radius 3 is 2.12 bits per heavy atom. The van der Waals surface area contributed by atoms with E-state index in [1.54, 1.807) is 24.3 Å². The van der Waals surface area contributed by atoms with E-state index in [-0.39, 0.29) is 41.4 Å². The van der Waals surface area contributed by atoms with E-state index in [1.165, 1.54) is 4.90 Å². The Balaban J connectivity index is 1.14. The SMILES string of the molecule is O=C(Nc1cccc2ccccc12)c1ccc(N2C(=O)[C@H]3[C@@H]4C=C[C@@H]([C@H]5C[C@H]45)[C@@H]3C2=O)cc1. The van der Waals surface area contributed by atoms with Crippen LogP contribution in [0.15, 0.2) is 78.9 Å². The minimum Gasteiger partial charge on any atom is -0.321 e. The fraction of sp³-hybridized carbons (Fsp3) is 0.250. The van der Waals surface area contributed by atoms with Gasteiger partial charge in [-0.3, -0.25) is 19.3 Å². The van der Waals surface area contributed by atoms with Gasteiger partial charge in [0.05, 0.1) is 17.5 Å². The monoisotopic (exact) mass is 434 g/mol. The Hall–Kier alpha value is -3.73. The van der Waals surface area contributed by atoms with Gasteiger partial charge < -0.3 is 5.32 Å². The lowest BCUT2D eigenvalue weighted by atomic mass is 9.63. The number of benzene rings is 3. The van der Waals surface area contributed by atoms with Crippen molar-refractivity contribution in [3.8, 4) is 0 Å². The van der Waals surface area contributed by atoms with Crippen molar-refractivity contribution >= 4 is 39.9 Å². The topological polar surface area (TPSA) is 66.5 Å². The predicted octanol–water partition coefficient (Wildman–Crippen LogP) is 4.65. The summed E-state index contributed by atoms with van der Waals surface area (Å²) in [5.41, 5.74) is 1.78. The predicted molar refractivity (Wildman–Crippen MR) is 126 cm³/mol. The second-order valence-corrected chi connectivity index (χ2v) is 9.69. The highest BCUT2D eigenvalue weighted by molar-refractivity contribution is 6.23. The Bertz CT molecular complexity index is 1330. The van der Waals surface area contributed by atoms with Crippen LogP contribution in [0.1, 0.15) is 16.8 Å². The van der Waals surface area contributed by atoms with Gasteiger partial charge in [0, 0.05) is 16.6 Å². The van der Waals surface area contributed by atoms with E-state index in [0.29, 0.717) is 23.1 Å². The van der Waals surface area contributed by atoms with Crippen LogP contribution in [-0.4, -0.2) is 17.7 Å². The van der Waals surface area contributed by atoms with Crippen LogP contribution in [0, 0.1) is 35.5 Å². The molecule has 1 aliphatic heterocycles. The molecule has 5 heteroatoms. The van der Waals surface area contributed by atoms with Crippen molar-refractivity contribution in [3.63, 3.8) is 0 Å². The van der Waals surface area contributed by atoms with Crippen LogP contribution in [-0.2, 0) is 9.59 Å². The summed E-state index contributed by atoms with van der Waals surface area (Å²) < 4.78 is 0. The van der Waals surface area contributed by atoms with Gasteiger partial charge in [-0.2, -0.15) is 0 Å². The van der Waals surface area contributed by atoms with Crippen LogP contribution >= 0.6 is 0 Å². The third kappa shape index (κ3) is 2.62. The van der Waals surface area contributed by atoms with Crippen molar-refractivity contribution in [2.75, 3.05) is 10.2 Å². The number of hydrogen-bond donors (Lipinski definition) is 1. The van der Waals surface area contributed by atoms with Gasteiger partial charge in [-0.15, -0.1) is 0 Å². The molecule has 0 spiro atoms. The fourth-order valence-corrected chi connectivity index (χ4v) is 6.50. The largest absolute Gasteiger partial charge is 0.321 e. The zero-order chi connectivity index (χ0) is 22.3. The van der Waals surface area contributed by atoms with Crippen molar-refractivity contribution in [3.05, 3.63) is 84.4 Å². The van der Waals surface area contributed by atoms with E-state index in [9.17, 15) is 14.4 Å². The number of allylic oxidation sites excluding steroid dienone is 2. The third-order valence-corrected chi connectivity index (χ3v) is 8.09. The standard InChI is InChI=1S/C28H22N2O3/c31-26(29-23-7-3-5-15-4-1-2-6-18(15)23)16-8-10-17(11-9-16)30-27(32)24-19-12-13-20(22-14-21(19)22)25(24)28(30)33/h1-13,19-22,24-25H,14H2,(H,29,31)/t19-,20+,21-,22-,24+,25+/m1/s1. The summed E-state index contributed by atoms with van der Waals surface area (Å²) in [7, 11) is 0. The summed E-state index contributed by atoms with van der Waals surface area (Å²) in [6.07, 6.45) is 5.50. The quantitative estimate of drug-likeness (QED) is 0.482. The number of carbonyl (C=O) groups is 3. The Kier molecular flexibility index (Phi) is 3.78. The molecule has 1 heterocycles. The van der Waals surface area contributed by atoms with Crippen molar-refractivity contribution in [2.24, 2.45) is 35.5 Å². The molecule has 33 heavy (non-hydrogen) atoms. The van der Waals surface area contributed by atoms with Crippen LogP contribution < -0.4 is 10.2 Å². The van der Waals surface area contributed by atoms with E-state index in [1.807, 2.05) is 42.5 Å². The molecule has 5 aliphatic rings. The van der Waals surface area contributed by atoms with E-state index >= 15 is 0 Å². The highest BCUT2D eigenvalue weighted by Crippen LogP contribution is 2.65. The van der Waals surface area contributed by atoms with E-state index < -0.39 is 0 Å². The minimum atomic E-state index is -0.229. The van der Waals surface area contributed by atoms with E-state index in [2.05, 4.69) is 17.5 Å². The molecule has 2 saturated carbocycles. The molecule has 2 bridgehead atoms. The first-order valence-corrected chi connectivity index (χ1v) is 11.6. The molecule has 0 unspecified atom stereocenters. The first kappa shape index (κ1) is 18.8. The van der Waals surface area contributed by atoms with Crippen LogP contribution in [0.25, 0.3) is 10.8 Å². The zero-order valence-electron chi connectivity index (χ0n) is 17.8. The summed E-state index contributed by atoms with van der Waals surface area (Å²) >= 11 is 0. The smallest absolute Gasteiger partial charge is 0.255 e. The van der Waals surface area contributed by atoms with E-state index in [4.69, 9.17) is 0 Å². The maximum absolute atomic E-state index is 13.3. The van der Waals surface area contributed by atoms with Crippen molar-refractivity contribution in [2.45, 2.75) is 6.42 Å². The number of anilines is 2. The van der Waals surface area contributed by atoms with Crippen LogP contribution in [0.3, 0.4) is 0 Å². The van der Waals surface area contributed by atoms with Gasteiger partial charge in [0.25, 0.3) is 5.91 Å². The first-order chi connectivity index (χ1) is 16.1. The molecule has 162 valence electrons. The number of carbonyl (C=O) groups excluding carboxylic acids is 3. The zero-order valence-corrected chi connectivity index (χ0v) is 17.8. The molecule has 3 fully saturated rings. The highest BCUT2D eigenvalue weighted by Gasteiger charge is 2.67. The second-order valence-electron chi connectivity index (χ2n) is 9.69. The average Bonchev–Trinajstić information content (AvgIpc) is 3.63. The summed E-state index contributed by atoms with van der Waals surface area (Å²) in [5.74, 6) is 0.750. The Labute approximate surface area is 191 Å². The fourth-order valence-electron chi connectivity index (χ4n) is 6.50. The first-order valence-electron chi connectivity index (χ1n) is 11.6. The van der Waals surface area contributed by atoms with Crippen LogP contribution in [0.4, 0.5) is 11.4 Å². The molecule has 1 N–H and O–H groups in total. The lowest BCUT2D eigenvalue weighted by molar-refractivity contribution is -0.124. The average molecular weight is 434 g/mol. The molecule has 1 saturated heterocycles. The lowest BCUT2D eigenvalue weighted by Gasteiger charge is -2.37. The summed E-state index contributed by atoms with van der Waals surface area (Å²) in [6.45, 7) is 0. The van der Waals surface area contributed by atoms with Gasteiger partial charge in [-0.05, 0) is 65.8 Å². The van der Waals surface area contributed by atoms with Crippen molar-refractivity contribution in [1.29, 1.82) is 0 Å². The molecule has 3 aromatic rings. The molecule has 5 nitrogen and oxygen atoms in total. The molecule has 3 aromatic carbocycles. The maximum atomic E-state index is 13.3. The van der Waals surface area contributed by atoms with Crippen LogP contribution in [0.5, 0.6) is 0 Å². The molecule has 6 atom stereocenters. The Morgan fingerprint density at radius 1 is 0.788 bits per heavy atom. The highest BCUT2D eigenvalue weighted by atomic mass is 16.2. The van der Waals surface area contributed by atoms with Gasteiger partial charge >= 0.3 is 0 Å². The van der Waals surface area contributed by atoms with Gasteiger partial charge in [0.1, 0.15) is 0 Å². The second kappa shape index (κ2) is 6.64. The van der Waals surface area contributed by atoms with Crippen LogP contribution in [0.2, 0.25) is 0 Å². The van der Waals surface area contributed by atoms with Gasteiger partial charge in [-0.1, -0.05) is 48.6 Å². The molecular formula is C28H22N2O3. The number of fused-ring (bicyclic) bond motifs is 1. The summed E-state index contributed by atoms with van der Waals surface area (Å²) in [6, 6.07) is 20.5. The molecular weight excluding hydrogens is 412 g/mol. The maximum Gasteiger partial charge on any atom is 0.255 e. The molecule has 4 aliphatic carbocycles. The molecule has 3 amide bonds. The number of nitrogens with zero attached hydrogens (tertiary/aromatic N) is 1. The number of rotatable bonds is 3. The molecule has 8 rings (SSSR count). The molecule has 0 aromatic heterocycles.